The molecular formula is C30H27FN6O3. The minimum absolute atomic E-state index is 0.255. The summed E-state index contributed by atoms with van der Waals surface area (Å²) >= 11 is 0. The van der Waals surface area contributed by atoms with Crippen LogP contribution >= 0.6 is 0 Å². The summed E-state index contributed by atoms with van der Waals surface area (Å²) < 4.78 is 27.0. The Labute approximate surface area is 230 Å². The number of nitrogens with one attached hydrogen (secondary N) is 2. The zero-order chi connectivity index (χ0) is 27.5. The zero-order valence-corrected chi connectivity index (χ0v) is 21.8. The monoisotopic (exact) mass is 538 g/mol. The summed E-state index contributed by atoms with van der Waals surface area (Å²) in [4.78, 5) is 27.0. The molecule has 40 heavy (non-hydrogen) atoms. The second kappa shape index (κ2) is 11.1. The number of ether oxygens (including phenoxy) is 2. The molecule has 1 atom stereocenters. The first-order valence-electron chi connectivity index (χ1n) is 13.0. The van der Waals surface area contributed by atoms with E-state index in [0.29, 0.717) is 52.1 Å². The van der Waals surface area contributed by atoms with Gasteiger partial charge in [0.25, 0.3) is 5.91 Å². The van der Waals surface area contributed by atoms with E-state index in [4.69, 9.17) is 14.5 Å². The first kappa shape index (κ1) is 25.4. The Morgan fingerprint density at radius 3 is 2.67 bits per heavy atom. The third kappa shape index (κ3) is 5.08. The molecule has 10 heteroatoms. The maximum Gasteiger partial charge on any atom is 0.259 e. The van der Waals surface area contributed by atoms with Crippen LogP contribution in [0.1, 0.15) is 35.8 Å². The largest absolute Gasteiger partial charge is 0.496 e. The molecule has 0 aliphatic carbocycles. The quantitative estimate of drug-likeness (QED) is 0.249. The number of amides is 1. The number of para-hydroxylation sites is 1. The van der Waals surface area contributed by atoms with Crippen molar-refractivity contribution in [2.45, 2.75) is 25.5 Å². The first-order chi connectivity index (χ1) is 19.6. The van der Waals surface area contributed by atoms with Crippen LogP contribution in [0, 0.1) is 5.82 Å². The Bertz CT molecular complexity index is 1660. The maximum absolute atomic E-state index is 13.5. The van der Waals surface area contributed by atoms with Crippen molar-refractivity contribution in [3.05, 3.63) is 90.5 Å². The highest BCUT2D eigenvalue weighted by Crippen LogP contribution is 2.35. The highest BCUT2D eigenvalue weighted by Gasteiger charge is 2.26. The van der Waals surface area contributed by atoms with Crippen LogP contribution in [0.15, 0.2) is 79.1 Å². The highest BCUT2D eigenvalue weighted by atomic mass is 19.1. The summed E-state index contributed by atoms with van der Waals surface area (Å²) in [6.45, 7) is 0.643. The summed E-state index contributed by atoms with van der Waals surface area (Å²) in [5.74, 6) is 1.02. The standard InChI is InChI=1S/C30H27FN6O3/c1-39-24-10-3-2-9-23(24)30(38)35-22-8-6-7-19(17-22)28-36-26-27(34-21-14-12-20(31)13-15-21)32-18-33-29(26)37(28)25-11-4-5-16-40-25/h2-3,6-10,12-15,17-18,25H,4-5,11,16H2,1H3,(H,35,38)(H,32,33,34). The van der Waals surface area contributed by atoms with Gasteiger partial charge in [-0.15, -0.1) is 0 Å². The average molecular weight is 539 g/mol. The van der Waals surface area contributed by atoms with E-state index < -0.39 is 0 Å². The summed E-state index contributed by atoms with van der Waals surface area (Å²) in [7, 11) is 1.53. The summed E-state index contributed by atoms with van der Waals surface area (Å²) in [5, 5.41) is 6.20. The van der Waals surface area contributed by atoms with E-state index in [1.165, 1.54) is 25.6 Å². The third-order valence-corrected chi connectivity index (χ3v) is 6.76. The topological polar surface area (TPSA) is 103 Å². The fraction of sp³-hybridized carbons (Fsp3) is 0.200. The van der Waals surface area contributed by atoms with E-state index in [0.717, 1.165) is 24.8 Å². The van der Waals surface area contributed by atoms with E-state index in [1.807, 2.05) is 34.9 Å². The van der Waals surface area contributed by atoms with E-state index in [9.17, 15) is 9.18 Å². The van der Waals surface area contributed by atoms with Gasteiger partial charge in [-0.25, -0.2) is 19.3 Å². The smallest absolute Gasteiger partial charge is 0.259 e. The van der Waals surface area contributed by atoms with E-state index in [-0.39, 0.29) is 18.0 Å². The molecule has 0 saturated carbocycles. The van der Waals surface area contributed by atoms with Crippen molar-refractivity contribution in [2.75, 3.05) is 24.4 Å². The van der Waals surface area contributed by atoms with Gasteiger partial charge in [0.15, 0.2) is 17.0 Å². The van der Waals surface area contributed by atoms with Crippen molar-refractivity contribution < 1.29 is 18.7 Å². The van der Waals surface area contributed by atoms with Gasteiger partial charge >= 0.3 is 0 Å². The number of nitrogens with zero attached hydrogens (tertiary/aromatic N) is 4. The van der Waals surface area contributed by atoms with Crippen molar-refractivity contribution in [3.63, 3.8) is 0 Å². The van der Waals surface area contributed by atoms with E-state index in [1.54, 1.807) is 30.3 Å². The molecule has 0 bridgehead atoms. The Kier molecular flexibility index (Phi) is 7.07. The molecule has 0 spiro atoms. The molecule has 1 unspecified atom stereocenters. The van der Waals surface area contributed by atoms with Gasteiger partial charge < -0.3 is 20.1 Å². The number of fused-ring (bicyclic) bond motifs is 1. The van der Waals surface area contributed by atoms with Gasteiger partial charge in [-0.1, -0.05) is 24.3 Å². The van der Waals surface area contributed by atoms with Crippen LogP contribution in [0.4, 0.5) is 21.6 Å². The lowest BCUT2D eigenvalue weighted by Crippen LogP contribution is -2.19. The van der Waals surface area contributed by atoms with Crippen molar-refractivity contribution in [1.29, 1.82) is 0 Å². The van der Waals surface area contributed by atoms with E-state index in [2.05, 4.69) is 20.6 Å². The number of carbonyl (C=O) groups excluding carboxylic acids is 1. The van der Waals surface area contributed by atoms with Crippen LogP contribution in [-0.4, -0.2) is 39.1 Å². The molecule has 1 amide bonds. The third-order valence-electron chi connectivity index (χ3n) is 6.76. The van der Waals surface area contributed by atoms with Crippen LogP contribution in [0.2, 0.25) is 0 Å². The fourth-order valence-electron chi connectivity index (χ4n) is 4.84. The summed E-state index contributed by atoms with van der Waals surface area (Å²) in [6.07, 6.45) is 4.05. The zero-order valence-electron chi connectivity index (χ0n) is 21.8. The average Bonchev–Trinajstić information content (AvgIpc) is 3.39. The molecular weight excluding hydrogens is 511 g/mol. The molecule has 5 aromatic rings. The molecule has 2 N–H and O–H groups in total. The van der Waals surface area contributed by atoms with Gasteiger partial charge in [0.2, 0.25) is 0 Å². The molecule has 202 valence electrons. The van der Waals surface area contributed by atoms with Crippen LogP contribution in [-0.2, 0) is 4.74 Å². The van der Waals surface area contributed by atoms with Crippen molar-refractivity contribution in [1.82, 2.24) is 19.5 Å². The van der Waals surface area contributed by atoms with Crippen molar-refractivity contribution in [2.24, 2.45) is 0 Å². The lowest BCUT2D eigenvalue weighted by molar-refractivity contribution is -0.0287. The number of methoxy groups -OCH3 is 1. The Hall–Kier alpha value is -4.83. The predicted molar refractivity (Wildman–Crippen MR) is 150 cm³/mol. The second-order valence-corrected chi connectivity index (χ2v) is 9.39. The molecule has 0 radical (unpaired) electrons. The van der Waals surface area contributed by atoms with Gasteiger partial charge in [-0.3, -0.25) is 9.36 Å². The number of anilines is 3. The molecule has 1 fully saturated rings. The molecule has 1 saturated heterocycles. The number of imidazole rings is 1. The number of carbonyl (C=O) groups is 1. The molecule has 2 aromatic heterocycles. The molecule has 6 rings (SSSR count). The summed E-state index contributed by atoms with van der Waals surface area (Å²) in [6, 6.07) is 20.6. The maximum atomic E-state index is 13.5. The molecule has 3 heterocycles. The van der Waals surface area contributed by atoms with E-state index >= 15 is 0 Å². The number of benzene rings is 3. The minimum Gasteiger partial charge on any atom is -0.496 e. The Morgan fingerprint density at radius 2 is 1.88 bits per heavy atom. The van der Waals surface area contributed by atoms with Crippen LogP contribution < -0.4 is 15.4 Å². The molecule has 1 aliphatic heterocycles. The van der Waals surface area contributed by atoms with Crippen molar-refractivity contribution >= 4 is 34.3 Å². The van der Waals surface area contributed by atoms with Gasteiger partial charge in [-0.2, -0.15) is 0 Å². The SMILES string of the molecule is COc1ccccc1C(=O)Nc1cccc(-c2nc3c(Nc4ccc(F)cc4)ncnc3n2C2CCCCO2)c1. The number of hydrogen-bond acceptors (Lipinski definition) is 7. The molecule has 3 aromatic carbocycles. The summed E-state index contributed by atoms with van der Waals surface area (Å²) in [5.41, 5.74) is 3.66. The molecule has 9 nitrogen and oxygen atoms in total. The van der Waals surface area contributed by atoms with Crippen LogP contribution in [0.5, 0.6) is 5.75 Å². The van der Waals surface area contributed by atoms with Gasteiger partial charge in [-0.05, 0) is 67.8 Å². The van der Waals surface area contributed by atoms with Gasteiger partial charge in [0.05, 0.1) is 12.7 Å². The fourth-order valence-corrected chi connectivity index (χ4v) is 4.84. The number of aromatic nitrogens is 4. The predicted octanol–water partition coefficient (Wildman–Crippen LogP) is 6.34. The van der Waals surface area contributed by atoms with Gasteiger partial charge in [0, 0.05) is 23.5 Å². The van der Waals surface area contributed by atoms with Gasteiger partial charge in [0.1, 0.15) is 29.9 Å². The van der Waals surface area contributed by atoms with Crippen molar-refractivity contribution in [3.8, 4) is 17.1 Å². The van der Waals surface area contributed by atoms with Crippen LogP contribution in [0.25, 0.3) is 22.6 Å². The number of rotatable bonds is 7. The normalized spacial score (nSPS) is 15.1. The number of halogens is 1. The minimum atomic E-state index is -0.322. The highest BCUT2D eigenvalue weighted by molar-refractivity contribution is 6.06. The second-order valence-electron chi connectivity index (χ2n) is 9.39. The Balaban J connectivity index is 1.40. The Morgan fingerprint density at radius 1 is 1.02 bits per heavy atom. The van der Waals surface area contributed by atoms with Crippen LogP contribution in [0.3, 0.4) is 0 Å². The lowest BCUT2D eigenvalue weighted by Gasteiger charge is -2.25. The number of hydrogen-bond donors (Lipinski definition) is 2. The first-order valence-corrected chi connectivity index (χ1v) is 13.0. The lowest BCUT2D eigenvalue weighted by atomic mass is 10.1. The molecule has 1 aliphatic rings.